The SMILES string of the molecule is Cc1ccccc1OCc1ccc(/C=C/C(=O)c2ccccc2[N+](=O)[O-])o1. The van der Waals surface area contributed by atoms with Gasteiger partial charge in [-0.15, -0.1) is 0 Å². The third-order valence-electron chi connectivity index (χ3n) is 3.91. The van der Waals surface area contributed by atoms with Gasteiger partial charge in [-0.3, -0.25) is 14.9 Å². The summed E-state index contributed by atoms with van der Waals surface area (Å²) in [5, 5.41) is 11.0. The number of allylic oxidation sites excluding steroid dienone is 1. The first-order valence-corrected chi connectivity index (χ1v) is 8.27. The van der Waals surface area contributed by atoms with E-state index in [4.69, 9.17) is 9.15 Å². The highest BCUT2D eigenvalue weighted by Gasteiger charge is 2.17. The van der Waals surface area contributed by atoms with Crippen LogP contribution in [0.4, 0.5) is 5.69 Å². The van der Waals surface area contributed by atoms with Crippen LogP contribution in [0.2, 0.25) is 0 Å². The lowest BCUT2D eigenvalue weighted by molar-refractivity contribution is -0.385. The van der Waals surface area contributed by atoms with Gasteiger partial charge in [0.1, 0.15) is 23.9 Å². The number of furan rings is 1. The van der Waals surface area contributed by atoms with E-state index < -0.39 is 10.7 Å². The number of hydrogen-bond donors (Lipinski definition) is 0. The van der Waals surface area contributed by atoms with Gasteiger partial charge in [-0.25, -0.2) is 0 Å². The number of para-hydroxylation sites is 2. The lowest BCUT2D eigenvalue weighted by Gasteiger charge is -2.06. The number of ketones is 1. The predicted molar refractivity (Wildman–Crippen MR) is 101 cm³/mol. The van der Waals surface area contributed by atoms with Gasteiger partial charge in [-0.1, -0.05) is 30.3 Å². The Bertz CT molecular complexity index is 1000. The molecular formula is C21H17NO5. The summed E-state index contributed by atoms with van der Waals surface area (Å²) < 4.78 is 11.3. The molecule has 0 spiro atoms. The number of aryl methyl sites for hydroxylation is 1. The molecule has 0 N–H and O–H groups in total. The zero-order chi connectivity index (χ0) is 19.2. The minimum Gasteiger partial charge on any atom is -0.485 e. The smallest absolute Gasteiger partial charge is 0.280 e. The molecule has 0 unspecified atom stereocenters. The molecule has 6 nitrogen and oxygen atoms in total. The molecule has 6 heteroatoms. The van der Waals surface area contributed by atoms with Gasteiger partial charge in [0.05, 0.1) is 10.5 Å². The molecule has 0 saturated carbocycles. The standard InChI is InChI=1S/C21H17NO5/c1-15-6-2-5-9-21(15)26-14-17-11-10-16(27-17)12-13-20(23)18-7-3-4-8-19(18)22(24)25/h2-13H,14H2,1H3/b13-12+. The van der Waals surface area contributed by atoms with E-state index in [-0.39, 0.29) is 17.9 Å². The molecule has 0 atom stereocenters. The molecule has 0 saturated heterocycles. The summed E-state index contributed by atoms with van der Waals surface area (Å²) in [6.07, 6.45) is 2.74. The number of nitro groups is 1. The van der Waals surface area contributed by atoms with Gasteiger partial charge in [-0.05, 0) is 48.9 Å². The van der Waals surface area contributed by atoms with Crippen molar-refractivity contribution in [2.24, 2.45) is 0 Å². The Kier molecular flexibility index (Phi) is 5.47. The summed E-state index contributed by atoms with van der Waals surface area (Å²) in [5.74, 6) is 1.38. The summed E-state index contributed by atoms with van der Waals surface area (Å²) in [6, 6.07) is 17.0. The van der Waals surface area contributed by atoms with E-state index in [1.807, 2.05) is 31.2 Å². The van der Waals surface area contributed by atoms with Crippen LogP contribution in [-0.4, -0.2) is 10.7 Å². The summed E-state index contributed by atoms with van der Waals surface area (Å²) >= 11 is 0. The summed E-state index contributed by atoms with van der Waals surface area (Å²) in [6.45, 7) is 2.22. The maximum absolute atomic E-state index is 12.2. The van der Waals surface area contributed by atoms with Gasteiger partial charge in [0.25, 0.3) is 5.69 Å². The van der Waals surface area contributed by atoms with Gasteiger partial charge in [0.2, 0.25) is 0 Å². The van der Waals surface area contributed by atoms with Crippen LogP contribution in [0, 0.1) is 17.0 Å². The van der Waals surface area contributed by atoms with Gasteiger partial charge >= 0.3 is 0 Å². The number of nitrogens with zero attached hydrogens (tertiary/aromatic N) is 1. The minimum absolute atomic E-state index is 0.0356. The highest BCUT2D eigenvalue weighted by molar-refractivity contribution is 6.09. The summed E-state index contributed by atoms with van der Waals surface area (Å²) in [4.78, 5) is 22.7. The number of carbonyl (C=O) groups excluding carboxylic acids is 1. The molecule has 0 bridgehead atoms. The Morgan fingerprint density at radius 1 is 1.11 bits per heavy atom. The van der Waals surface area contributed by atoms with Crippen molar-refractivity contribution < 1.29 is 18.9 Å². The molecule has 0 radical (unpaired) electrons. The number of carbonyl (C=O) groups is 1. The van der Waals surface area contributed by atoms with Gasteiger partial charge < -0.3 is 9.15 Å². The quantitative estimate of drug-likeness (QED) is 0.256. The first-order chi connectivity index (χ1) is 13.0. The fraction of sp³-hybridized carbons (Fsp3) is 0.0952. The fourth-order valence-electron chi connectivity index (χ4n) is 2.52. The number of ether oxygens (including phenoxy) is 1. The van der Waals surface area contributed by atoms with Crippen LogP contribution in [-0.2, 0) is 6.61 Å². The van der Waals surface area contributed by atoms with Crippen molar-refractivity contribution in [1.82, 2.24) is 0 Å². The highest BCUT2D eigenvalue weighted by atomic mass is 16.6. The molecule has 136 valence electrons. The van der Waals surface area contributed by atoms with E-state index in [1.54, 1.807) is 18.2 Å². The van der Waals surface area contributed by atoms with E-state index in [2.05, 4.69) is 0 Å². The van der Waals surface area contributed by atoms with Crippen molar-refractivity contribution in [2.45, 2.75) is 13.5 Å². The van der Waals surface area contributed by atoms with Crippen LogP contribution < -0.4 is 4.74 Å². The van der Waals surface area contributed by atoms with Gasteiger partial charge in [0.15, 0.2) is 5.78 Å². The van der Waals surface area contributed by atoms with Crippen LogP contribution in [0.1, 0.15) is 27.4 Å². The topological polar surface area (TPSA) is 82.6 Å². The first kappa shape index (κ1) is 18.1. The average molecular weight is 363 g/mol. The molecule has 3 rings (SSSR count). The molecule has 3 aromatic rings. The highest BCUT2D eigenvalue weighted by Crippen LogP contribution is 2.21. The lowest BCUT2D eigenvalue weighted by Crippen LogP contribution is -2.00. The third kappa shape index (κ3) is 4.49. The molecule has 1 heterocycles. The fourth-order valence-corrected chi connectivity index (χ4v) is 2.52. The van der Waals surface area contributed by atoms with E-state index in [9.17, 15) is 14.9 Å². The number of hydrogen-bond acceptors (Lipinski definition) is 5. The van der Waals surface area contributed by atoms with Gasteiger partial charge in [-0.2, -0.15) is 0 Å². The van der Waals surface area contributed by atoms with Crippen LogP contribution in [0.5, 0.6) is 5.75 Å². The normalized spacial score (nSPS) is 10.9. The Balaban J connectivity index is 1.66. The molecule has 2 aromatic carbocycles. The van der Waals surface area contributed by atoms with Crippen molar-refractivity contribution in [3.05, 3.63) is 99.5 Å². The molecule has 1 aromatic heterocycles. The van der Waals surface area contributed by atoms with Crippen LogP contribution in [0.25, 0.3) is 6.08 Å². The Morgan fingerprint density at radius 3 is 2.63 bits per heavy atom. The maximum atomic E-state index is 12.2. The second kappa shape index (κ2) is 8.14. The predicted octanol–water partition coefficient (Wildman–Crippen LogP) is 4.97. The van der Waals surface area contributed by atoms with E-state index in [1.165, 1.54) is 30.4 Å². The number of benzene rings is 2. The maximum Gasteiger partial charge on any atom is 0.280 e. The summed E-state index contributed by atoms with van der Waals surface area (Å²) in [7, 11) is 0. The Labute approximate surface area is 155 Å². The first-order valence-electron chi connectivity index (χ1n) is 8.27. The molecule has 0 aliphatic rings. The number of rotatable bonds is 7. The Morgan fingerprint density at radius 2 is 1.85 bits per heavy atom. The summed E-state index contributed by atoms with van der Waals surface area (Å²) in [5.41, 5.74) is 0.839. The minimum atomic E-state index is -0.574. The van der Waals surface area contributed by atoms with Crippen molar-refractivity contribution >= 4 is 17.5 Å². The van der Waals surface area contributed by atoms with Crippen molar-refractivity contribution in [3.8, 4) is 5.75 Å². The van der Waals surface area contributed by atoms with Crippen molar-refractivity contribution in [2.75, 3.05) is 0 Å². The molecular weight excluding hydrogens is 346 g/mol. The third-order valence-corrected chi connectivity index (χ3v) is 3.91. The van der Waals surface area contributed by atoms with E-state index >= 15 is 0 Å². The zero-order valence-corrected chi connectivity index (χ0v) is 14.6. The van der Waals surface area contributed by atoms with Crippen LogP contribution >= 0.6 is 0 Å². The molecule has 0 amide bonds. The second-order valence-electron chi connectivity index (χ2n) is 5.83. The van der Waals surface area contributed by atoms with Crippen LogP contribution in [0.15, 0.2) is 71.2 Å². The lowest BCUT2D eigenvalue weighted by atomic mass is 10.1. The molecule has 27 heavy (non-hydrogen) atoms. The van der Waals surface area contributed by atoms with Gasteiger partial charge in [0, 0.05) is 6.07 Å². The number of nitro benzene ring substituents is 1. The monoisotopic (exact) mass is 363 g/mol. The Hall–Kier alpha value is -3.67. The zero-order valence-electron chi connectivity index (χ0n) is 14.6. The average Bonchev–Trinajstić information content (AvgIpc) is 3.13. The van der Waals surface area contributed by atoms with E-state index in [0.29, 0.717) is 11.5 Å². The largest absolute Gasteiger partial charge is 0.485 e. The molecule has 0 fully saturated rings. The second-order valence-corrected chi connectivity index (χ2v) is 5.83. The van der Waals surface area contributed by atoms with Crippen molar-refractivity contribution in [1.29, 1.82) is 0 Å². The van der Waals surface area contributed by atoms with Crippen LogP contribution in [0.3, 0.4) is 0 Å². The molecule has 0 aliphatic carbocycles. The molecule has 0 aliphatic heterocycles. The van der Waals surface area contributed by atoms with E-state index in [0.717, 1.165) is 11.3 Å². The van der Waals surface area contributed by atoms with Crippen molar-refractivity contribution in [3.63, 3.8) is 0 Å².